The number of ether oxygens (including phenoxy) is 1. The Kier molecular flexibility index (Phi) is 4.22. The third-order valence-electron chi connectivity index (χ3n) is 3.37. The van der Waals surface area contributed by atoms with E-state index in [4.69, 9.17) is 10.5 Å². The normalized spacial score (nSPS) is 10.9. The van der Waals surface area contributed by atoms with Gasteiger partial charge in [-0.05, 0) is 29.7 Å². The lowest BCUT2D eigenvalue weighted by Crippen LogP contribution is -2.09. The molecule has 1 aromatic heterocycles. The number of carbonyl (C=O) groups is 1. The Labute approximate surface area is 113 Å². The first-order chi connectivity index (χ1) is 9.19. The molecule has 4 heteroatoms. The SMILES string of the molecule is CCc1ccc2c(c1)c(CC(=O)OC)cn2CCN. The van der Waals surface area contributed by atoms with Gasteiger partial charge in [-0.1, -0.05) is 13.0 Å². The van der Waals surface area contributed by atoms with Crippen molar-refractivity contribution < 1.29 is 9.53 Å². The number of nitrogens with zero attached hydrogens (tertiary/aromatic N) is 1. The van der Waals surface area contributed by atoms with Crippen LogP contribution in [0.2, 0.25) is 0 Å². The molecule has 19 heavy (non-hydrogen) atoms. The highest BCUT2D eigenvalue weighted by molar-refractivity contribution is 5.88. The number of fused-ring (bicyclic) bond motifs is 1. The van der Waals surface area contributed by atoms with E-state index in [-0.39, 0.29) is 5.97 Å². The lowest BCUT2D eigenvalue weighted by molar-refractivity contribution is -0.139. The van der Waals surface area contributed by atoms with Crippen LogP contribution in [0.3, 0.4) is 0 Å². The predicted molar refractivity (Wildman–Crippen MR) is 76.1 cm³/mol. The minimum Gasteiger partial charge on any atom is -0.469 e. The molecule has 2 N–H and O–H groups in total. The zero-order valence-electron chi connectivity index (χ0n) is 11.5. The van der Waals surface area contributed by atoms with Crippen LogP contribution in [0.5, 0.6) is 0 Å². The lowest BCUT2D eigenvalue weighted by atomic mass is 10.1. The largest absolute Gasteiger partial charge is 0.469 e. The fraction of sp³-hybridized carbons (Fsp3) is 0.400. The van der Waals surface area contributed by atoms with Gasteiger partial charge in [0.25, 0.3) is 0 Å². The van der Waals surface area contributed by atoms with E-state index in [0.29, 0.717) is 13.0 Å². The molecule has 2 rings (SSSR count). The number of methoxy groups -OCH3 is 1. The van der Waals surface area contributed by atoms with Gasteiger partial charge in [0.2, 0.25) is 0 Å². The summed E-state index contributed by atoms with van der Waals surface area (Å²) in [5, 5.41) is 1.12. The number of carbonyl (C=O) groups excluding carboxylic acids is 1. The Morgan fingerprint density at radius 2 is 2.21 bits per heavy atom. The molecule has 102 valence electrons. The number of benzene rings is 1. The summed E-state index contributed by atoms with van der Waals surface area (Å²) < 4.78 is 6.86. The molecule has 4 nitrogen and oxygen atoms in total. The van der Waals surface area contributed by atoms with Gasteiger partial charge in [0.15, 0.2) is 0 Å². The average Bonchev–Trinajstić information content (AvgIpc) is 2.76. The van der Waals surface area contributed by atoms with Gasteiger partial charge in [0.05, 0.1) is 13.5 Å². The van der Waals surface area contributed by atoms with Crippen LogP contribution in [0.25, 0.3) is 10.9 Å². The first kappa shape index (κ1) is 13.6. The van der Waals surface area contributed by atoms with Crippen LogP contribution in [0, 0.1) is 0 Å². The van der Waals surface area contributed by atoms with Crippen molar-refractivity contribution in [1.82, 2.24) is 4.57 Å². The summed E-state index contributed by atoms with van der Waals surface area (Å²) in [6.45, 7) is 3.46. The van der Waals surface area contributed by atoms with Crippen molar-refractivity contribution in [2.24, 2.45) is 5.73 Å². The smallest absolute Gasteiger partial charge is 0.310 e. The predicted octanol–water partition coefficient (Wildman–Crippen LogP) is 1.88. The van der Waals surface area contributed by atoms with Crippen LogP contribution in [0.1, 0.15) is 18.1 Å². The zero-order chi connectivity index (χ0) is 13.8. The molecule has 1 heterocycles. The molecular formula is C15H20N2O2. The summed E-state index contributed by atoms with van der Waals surface area (Å²) in [6.07, 6.45) is 3.29. The number of nitrogens with two attached hydrogens (primary N) is 1. The Hall–Kier alpha value is -1.81. The minimum atomic E-state index is -0.214. The van der Waals surface area contributed by atoms with Gasteiger partial charge in [-0.2, -0.15) is 0 Å². The van der Waals surface area contributed by atoms with Crippen LogP contribution in [-0.2, 0) is 28.9 Å². The fourth-order valence-electron chi connectivity index (χ4n) is 2.33. The van der Waals surface area contributed by atoms with E-state index >= 15 is 0 Å². The van der Waals surface area contributed by atoms with Crippen molar-refractivity contribution in [3.8, 4) is 0 Å². The molecule has 0 radical (unpaired) electrons. The number of aryl methyl sites for hydroxylation is 1. The number of hydrogen-bond acceptors (Lipinski definition) is 3. The van der Waals surface area contributed by atoms with E-state index < -0.39 is 0 Å². The molecule has 0 spiro atoms. The van der Waals surface area contributed by atoms with Crippen molar-refractivity contribution in [2.45, 2.75) is 26.3 Å². The summed E-state index contributed by atoms with van der Waals surface area (Å²) in [5.41, 5.74) is 9.03. The maximum atomic E-state index is 11.5. The molecule has 0 aliphatic carbocycles. The molecule has 0 saturated heterocycles. The third kappa shape index (κ3) is 2.79. The number of aromatic nitrogens is 1. The first-order valence-corrected chi connectivity index (χ1v) is 6.57. The van der Waals surface area contributed by atoms with Crippen LogP contribution >= 0.6 is 0 Å². The van der Waals surface area contributed by atoms with Crippen molar-refractivity contribution in [1.29, 1.82) is 0 Å². The van der Waals surface area contributed by atoms with Gasteiger partial charge in [0, 0.05) is 30.2 Å². The van der Waals surface area contributed by atoms with Crippen molar-refractivity contribution in [3.05, 3.63) is 35.5 Å². The summed E-state index contributed by atoms with van der Waals surface area (Å²) in [5.74, 6) is -0.214. The molecular weight excluding hydrogens is 240 g/mol. The second kappa shape index (κ2) is 5.89. The van der Waals surface area contributed by atoms with Gasteiger partial charge < -0.3 is 15.0 Å². The van der Waals surface area contributed by atoms with E-state index in [1.807, 2.05) is 6.20 Å². The standard InChI is InChI=1S/C15H20N2O2/c1-3-11-4-5-14-13(8-11)12(9-15(18)19-2)10-17(14)7-6-16/h4-5,8,10H,3,6-7,9,16H2,1-2H3. The van der Waals surface area contributed by atoms with Crippen molar-refractivity contribution in [3.63, 3.8) is 0 Å². The van der Waals surface area contributed by atoms with Crippen LogP contribution in [0.15, 0.2) is 24.4 Å². The zero-order valence-corrected chi connectivity index (χ0v) is 11.5. The highest BCUT2D eigenvalue weighted by Crippen LogP contribution is 2.24. The molecule has 0 aliphatic rings. The number of esters is 1. The molecule has 1 aromatic carbocycles. The molecule has 0 unspecified atom stereocenters. The second-order valence-electron chi connectivity index (χ2n) is 4.59. The molecule has 0 bridgehead atoms. The first-order valence-electron chi connectivity index (χ1n) is 6.57. The topological polar surface area (TPSA) is 57.2 Å². The molecule has 0 aliphatic heterocycles. The van der Waals surface area contributed by atoms with Crippen molar-refractivity contribution in [2.75, 3.05) is 13.7 Å². The van der Waals surface area contributed by atoms with Gasteiger partial charge in [-0.25, -0.2) is 0 Å². The van der Waals surface area contributed by atoms with E-state index in [1.165, 1.54) is 12.7 Å². The van der Waals surface area contributed by atoms with Crippen LogP contribution < -0.4 is 5.73 Å². The van der Waals surface area contributed by atoms with Gasteiger partial charge in [0.1, 0.15) is 0 Å². The summed E-state index contributed by atoms with van der Waals surface area (Å²) in [4.78, 5) is 11.5. The van der Waals surface area contributed by atoms with Gasteiger partial charge >= 0.3 is 5.97 Å². The summed E-state index contributed by atoms with van der Waals surface area (Å²) in [6, 6.07) is 6.38. The van der Waals surface area contributed by atoms with Gasteiger partial charge in [-0.3, -0.25) is 4.79 Å². The minimum absolute atomic E-state index is 0.214. The number of hydrogen-bond donors (Lipinski definition) is 1. The highest BCUT2D eigenvalue weighted by Gasteiger charge is 2.12. The summed E-state index contributed by atoms with van der Waals surface area (Å²) >= 11 is 0. The van der Waals surface area contributed by atoms with Crippen LogP contribution in [-0.4, -0.2) is 24.2 Å². The molecule has 0 saturated carbocycles. The molecule has 0 fully saturated rings. The average molecular weight is 260 g/mol. The Morgan fingerprint density at radius 1 is 1.42 bits per heavy atom. The van der Waals surface area contributed by atoms with Gasteiger partial charge in [-0.15, -0.1) is 0 Å². The summed E-state index contributed by atoms with van der Waals surface area (Å²) in [7, 11) is 1.42. The van der Waals surface area contributed by atoms with E-state index in [2.05, 4.69) is 29.7 Å². The van der Waals surface area contributed by atoms with E-state index in [0.717, 1.165) is 29.4 Å². The van der Waals surface area contributed by atoms with Crippen LogP contribution in [0.4, 0.5) is 0 Å². The maximum Gasteiger partial charge on any atom is 0.310 e. The lowest BCUT2D eigenvalue weighted by Gasteiger charge is -2.03. The third-order valence-corrected chi connectivity index (χ3v) is 3.37. The van der Waals surface area contributed by atoms with E-state index in [9.17, 15) is 4.79 Å². The second-order valence-corrected chi connectivity index (χ2v) is 4.59. The highest BCUT2D eigenvalue weighted by atomic mass is 16.5. The molecule has 0 amide bonds. The van der Waals surface area contributed by atoms with E-state index in [1.54, 1.807) is 0 Å². The maximum absolute atomic E-state index is 11.5. The molecule has 0 atom stereocenters. The fourth-order valence-corrected chi connectivity index (χ4v) is 2.33. The number of rotatable bonds is 5. The monoisotopic (exact) mass is 260 g/mol. The quantitative estimate of drug-likeness (QED) is 0.835. The molecule has 2 aromatic rings. The Morgan fingerprint density at radius 3 is 2.84 bits per heavy atom. The van der Waals surface area contributed by atoms with Crippen molar-refractivity contribution >= 4 is 16.9 Å². The Bertz CT molecular complexity index is 587. The Balaban J connectivity index is 2.51.